The molecule has 2 nitrogen and oxygen atoms in total. The molecule has 1 aromatic rings. The third kappa shape index (κ3) is 1.88. The Balaban J connectivity index is 2.09. The minimum Gasteiger partial charge on any atom is -0.278 e. The van der Waals surface area contributed by atoms with Gasteiger partial charge >= 0.3 is 0 Å². The molecule has 78 valence electrons. The molecule has 1 aromatic carbocycles. The van der Waals surface area contributed by atoms with Gasteiger partial charge in [0.05, 0.1) is 6.07 Å². The molecule has 1 unspecified atom stereocenters. The normalized spacial score (nSPS) is 24.2. The average molecular weight is 200 g/mol. The number of benzene rings is 1. The number of nitriles is 1. The second-order valence-corrected chi connectivity index (χ2v) is 4.77. The largest absolute Gasteiger partial charge is 0.278 e. The summed E-state index contributed by atoms with van der Waals surface area (Å²) in [6, 6.07) is 12.8. The lowest BCUT2D eigenvalue weighted by Crippen LogP contribution is -2.61. The summed E-state index contributed by atoms with van der Waals surface area (Å²) in [5.74, 6) is 0. The summed E-state index contributed by atoms with van der Waals surface area (Å²) in [5, 5.41) is 8.98. The van der Waals surface area contributed by atoms with Crippen molar-refractivity contribution in [3.8, 4) is 6.07 Å². The van der Waals surface area contributed by atoms with E-state index in [4.69, 9.17) is 5.26 Å². The van der Waals surface area contributed by atoms with E-state index >= 15 is 0 Å². The molecule has 0 bridgehead atoms. The summed E-state index contributed by atoms with van der Waals surface area (Å²) < 4.78 is 0. The standard InChI is InChI=1S/C13H16N2/c1-13(2)8-12(9-14)15(13)10-11-6-4-3-5-7-11/h3-7,12H,8,10H2,1-2H3. The number of likely N-dealkylation sites (tertiary alicyclic amines) is 1. The van der Waals surface area contributed by atoms with Crippen LogP contribution >= 0.6 is 0 Å². The van der Waals surface area contributed by atoms with Crippen molar-refractivity contribution in [3.05, 3.63) is 35.9 Å². The minimum absolute atomic E-state index is 0.0974. The van der Waals surface area contributed by atoms with E-state index in [9.17, 15) is 0 Å². The van der Waals surface area contributed by atoms with Gasteiger partial charge in [-0.2, -0.15) is 5.26 Å². The van der Waals surface area contributed by atoms with E-state index in [2.05, 4.69) is 36.9 Å². The van der Waals surface area contributed by atoms with E-state index in [-0.39, 0.29) is 11.6 Å². The van der Waals surface area contributed by atoms with Crippen molar-refractivity contribution in [1.29, 1.82) is 5.26 Å². The van der Waals surface area contributed by atoms with Gasteiger partial charge < -0.3 is 0 Å². The predicted octanol–water partition coefficient (Wildman–Crippen LogP) is 2.56. The summed E-state index contributed by atoms with van der Waals surface area (Å²) in [4.78, 5) is 2.27. The maximum atomic E-state index is 8.98. The topological polar surface area (TPSA) is 27.0 Å². The SMILES string of the molecule is CC1(C)CC(C#N)N1Cc1ccccc1. The molecule has 1 aliphatic heterocycles. The quantitative estimate of drug-likeness (QED) is 0.733. The highest BCUT2D eigenvalue weighted by atomic mass is 15.3. The van der Waals surface area contributed by atoms with Crippen LogP contribution < -0.4 is 0 Å². The minimum atomic E-state index is 0.0974. The van der Waals surface area contributed by atoms with Gasteiger partial charge in [0.15, 0.2) is 0 Å². The van der Waals surface area contributed by atoms with Crippen molar-refractivity contribution in [2.24, 2.45) is 0 Å². The molecule has 0 saturated carbocycles. The monoisotopic (exact) mass is 200 g/mol. The van der Waals surface area contributed by atoms with E-state index < -0.39 is 0 Å². The third-order valence-electron chi connectivity index (χ3n) is 3.19. The van der Waals surface area contributed by atoms with Gasteiger partial charge in [0.2, 0.25) is 0 Å². The Morgan fingerprint density at radius 1 is 1.40 bits per heavy atom. The second-order valence-electron chi connectivity index (χ2n) is 4.77. The predicted molar refractivity (Wildman–Crippen MR) is 60.1 cm³/mol. The molecule has 15 heavy (non-hydrogen) atoms. The molecule has 1 aliphatic rings. The van der Waals surface area contributed by atoms with Crippen molar-refractivity contribution >= 4 is 0 Å². The molecule has 0 radical (unpaired) electrons. The van der Waals surface area contributed by atoms with Crippen LogP contribution in [0.15, 0.2) is 30.3 Å². The number of hydrogen-bond acceptors (Lipinski definition) is 2. The summed E-state index contributed by atoms with van der Waals surface area (Å²) >= 11 is 0. The lowest BCUT2D eigenvalue weighted by molar-refractivity contribution is -0.0294. The van der Waals surface area contributed by atoms with Gasteiger partial charge in [-0.05, 0) is 25.8 Å². The van der Waals surface area contributed by atoms with Gasteiger partial charge in [-0.15, -0.1) is 0 Å². The first kappa shape index (κ1) is 10.2. The molecule has 1 fully saturated rings. The first-order valence-electron chi connectivity index (χ1n) is 5.34. The molecular weight excluding hydrogens is 184 g/mol. The van der Waals surface area contributed by atoms with E-state index in [0.29, 0.717) is 0 Å². The highest BCUT2D eigenvalue weighted by molar-refractivity contribution is 5.18. The summed E-state index contributed by atoms with van der Waals surface area (Å²) in [6.07, 6.45) is 0.982. The van der Waals surface area contributed by atoms with Crippen molar-refractivity contribution in [2.75, 3.05) is 0 Å². The maximum absolute atomic E-state index is 8.98. The first-order valence-corrected chi connectivity index (χ1v) is 5.34. The Bertz CT molecular complexity index is 375. The fourth-order valence-corrected chi connectivity index (χ4v) is 2.23. The van der Waals surface area contributed by atoms with Crippen molar-refractivity contribution < 1.29 is 0 Å². The zero-order valence-corrected chi connectivity index (χ0v) is 9.27. The van der Waals surface area contributed by atoms with E-state index in [1.807, 2.05) is 18.2 Å². The van der Waals surface area contributed by atoms with E-state index in [0.717, 1.165) is 13.0 Å². The van der Waals surface area contributed by atoms with Crippen LogP contribution in [0, 0.1) is 11.3 Å². The molecule has 0 aliphatic carbocycles. The van der Waals surface area contributed by atoms with Crippen LogP contribution in [-0.4, -0.2) is 16.5 Å². The Morgan fingerprint density at radius 3 is 2.60 bits per heavy atom. The number of rotatable bonds is 2. The lowest BCUT2D eigenvalue weighted by Gasteiger charge is -2.52. The maximum Gasteiger partial charge on any atom is 0.100 e. The molecule has 0 spiro atoms. The van der Waals surface area contributed by atoms with Crippen molar-refractivity contribution in [3.63, 3.8) is 0 Å². The lowest BCUT2D eigenvalue weighted by atomic mass is 9.81. The second kappa shape index (κ2) is 3.67. The van der Waals surface area contributed by atoms with Crippen LogP contribution in [0.3, 0.4) is 0 Å². The van der Waals surface area contributed by atoms with Gasteiger partial charge in [0, 0.05) is 12.1 Å². The van der Waals surface area contributed by atoms with E-state index in [1.165, 1.54) is 5.56 Å². The Hall–Kier alpha value is -1.33. The summed E-state index contributed by atoms with van der Waals surface area (Å²) in [5.41, 5.74) is 1.46. The zero-order chi connectivity index (χ0) is 10.9. The van der Waals surface area contributed by atoms with Crippen LogP contribution in [-0.2, 0) is 6.54 Å². The Morgan fingerprint density at radius 2 is 2.07 bits per heavy atom. The molecule has 2 heteroatoms. The Labute approximate surface area is 91.1 Å². The fourth-order valence-electron chi connectivity index (χ4n) is 2.23. The molecule has 1 heterocycles. The molecule has 0 amide bonds. The summed E-state index contributed by atoms with van der Waals surface area (Å²) in [7, 11) is 0. The van der Waals surface area contributed by atoms with Crippen LogP contribution in [0.5, 0.6) is 0 Å². The first-order chi connectivity index (χ1) is 7.13. The highest BCUT2D eigenvalue weighted by Gasteiger charge is 2.44. The van der Waals surface area contributed by atoms with Crippen LogP contribution in [0.1, 0.15) is 25.8 Å². The molecular formula is C13H16N2. The number of nitrogens with zero attached hydrogens (tertiary/aromatic N) is 2. The van der Waals surface area contributed by atoms with Gasteiger partial charge in [0.25, 0.3) is 0 Å². The smallest absolute Gasteiger partial charge is 0.100 e. The average Bonchev–Trinajstić information content (AvgIpc) is 2.24. The fraction of sp³-hybridized carbons (Fsp3) is 0.462. The Kier molecular flexibility index (Phi) is 2.50. The van der Waals surface area contributed by atoms with Crippen LogP contribution in [0.4, 0.5) is 0 Å². The summed E-state index contributed by atoms with van der Waals surface area (Å²) in [6.45, 7) is 5.28. The van der Waals surface area contributed by atoms with Crippen LogP contribution in [0.25, 0.3) is 0 Å². The highest BCUT2D eigenvalue weighted by Crippen LogP contribution is 2.36. The van der Waals surface area contributed by atoms with Gasteiger partial charge in [0.1, 0.15) is 6.04 Å². The molecule has 2 rings (SSSR count). The molecule has 0 N–H and O–H groups in total. The molecule has 0 aromatic heterocycles. The van der Waals surface area contributed by atoms with Crippen LogP contribution in [0.2, 0.25) is 0 Å². The molecule has 1 saturated heterocycles. The van der Waals surface area contributed by atoms with Gasteiger partial charge in [-0.25, -0.2) is 0 Å². The van der Waals surface area contributed by atoms with Crippen molar-refractivity contribution in [1.82, 2.24) is 4.90 Å². The van der Waals surface area contributed by atoms with Gasteiger partial charge in [-0.1, -0.05) is 30.3 Å². The van der Waals surface area contributed by atoms with E-state index in [1.54, 1.807) is 0 Å². The van der Waals surface area contributed by atoms with Gasteiger partial charge in [-0.3, -0.25) is 4.90 Å². The molecule has 1 atom stereocenters. The number of hydrogen-bond donors (Lipinski definition) is 0. The zero-order valence-electron chi connectivity index (χ0n) is 9.27. The van der Waals surface area contributed by atoms with Crippen molar-refractivity contribution in [2.45, 2.75) is 38.4 Å². The third-order valence-corrected chi connectivity index (χ3v) is 3.19.